The first-order valence-electron chi connectivity index (χ1n) is 4.67. The molecule has 0 radical (unpaired) electrons. The van der Waals surface area contributed by atoms with Crippen LogP contribution in [0.5, 0.6) is 0 Å². The predicted octanol–water partition coefficient (Wildman–Crippen LogP) is 1.09. The molecule has 1 aliphatic heterocycles. The summed E-state index contributed by atoms with van der Waals surface area (Å²) in [6.07, 6.45) is 0.415. The minimum absolute atomic E-state index is 0.0384. The Morgan fingerprint density at radius 3 is 2.50 bits per heavy atom. The van der Waals surface area contributed by atoms with Gasteiger partial charge in [0.05, 0.1) is 11.4 Å². The van der Waals surface area contributed by atoms with Gasteiger partial charge in [-0.2, -0.15) is 0 Å². The molecule has 0 saturated carbocycles. The van der Waals surface area contributed by atoms with Crippen LogP contribution < -0.4 is 10.0 Å². The number of halogens is 2. The van der Waals surface area contributed by atoms with Gasteiger partial charge in [-0.25, -0.2) is 17.2 Å². The molecule has 1 saturated heterocycles. The van der Waals surface area contributed by atoms with Gasteiger partial charge in [0.15, 0.2) is 5.82 Å². The maximum atomic E-state index is 13.5. The van der Waals surface area contributed by atoms with Crippen molar-refractivity contribution in [3.63, 3.8) is 0 Å². The van der Waals surface area contributed by atoms with Gasteiger partial charge in [-0.1, -0.05) is 0 Å². The van der Waals surface area contributed by atoms with Crippen LogP contribution in [0.15, 0.2) is 12.1 Å². The van der Waals surface area contributed by atoms with Gasteiger partial charge in [-0.15, -0.1) is 0 Å². The van der Waals surface area contributed by atoms with E-state index in [4.69, 9.17) is 5.73 Å². The summed E-state index contributed by atoms with van der Waals surface area (Å²) in [6, 6.07) is 1.53. The van der Waals surface area contributed by atoms with E-state index in [-0.39, 0.29) is 23.7 Å². The molecule has 0 aromatic heterocycles. The number of nitrogen functional groups attached to an aromatic ring is 1. The molecule has 88 valence electrons. The molecule has 0 atom stereocenters. The van der Waals surface area contributed by atoms with Gasteiger partial charge in [0.25, 0.3) is 0 Å². The zero-order valence-electron chi connectivity index (χ0n) is 8.28. The van der Waals surface area contributed by atoms with E-state index < -0.39 is 21.7 Å². The molecule has 4 nitrogen and oxygen atoms in total. The van der Waals surface area contributed by atoms with Crippen molar-refractivity contribution in [2.45, 2.75) is 6.42 Å². The van der Waals surface area contributed by atoms with Gasteiger partial charge >= 0.3 is 0 Å². The second-order valence-corrected chi connectivity index (χ2v) is 5.58. The molecule has 1 aromatic carbocycles. The van der Waals surface area contributed by atoms with E-state index in [2.05, 4.69) is 0 Å². The minimum Gasteiger partial charge on any atom is -0.397 e. The number of anilines is 2. The SMILES string of the molecule is Nc1cc(F)cc(F)c1N1CCCS1(=O)=O. The average molecular weight is 248 g/mol. The molecule has 0 unspecified atom stereocenters. The second-order valence-electron chi connectivity index (χ2n) is 3.57. The van der Waals surface area contributed by atoms with Crippen molar-refractivity contribution < 1.29 is 17.2 Å². The lowest BCUT2D eigenvalue weighted by molar-refractivity contribution is 0.579. The summed E-state index contributed by atoms with van der Waals surface area (Å²) in [5, 5.41) is 0. The number of benzene rings is 1. The third-order valence-electron chi connectivity index (χ3n) is 2.41. The highest BCUT2D eigenvalue weighted by molar-refractivity contribution is 7.93. The molecular weight excluding hydrogens is 238 g/mol. The molecule has 0 bridgehead atoms. The van der Waals surface area contributed by atoms with Crippen molar-refractivity contribution >= 4 is 21.4 Å². The summed E-state index contributed by atoms with van der Waals surface area (Å²) < 4.78 is 50.3. The van der Waals surface area contributed by atoms with Crippen molar-refractivity contribution in [3.8, 4) is 0 Å². The van der Waals surface area contributed by atoms with E-state index in [0.717, 1.165) is 10.4 Å². The Morgan fingerprint density at radius 1 is 1.31 bits per heavy atom. The van der Waals surface area contributed by atoms with Crippen LogP contribution >= 0.6 is 0 Å². The van der Waals surface area contributed by atoms with E-state index in [1.165, 1.54) is 0 Å². The molecule has 1 heterocycles. The Balaban J connectivity index is 2.57. The molecule has 16 heavy (non-hydrogen) atoms. The van der Waals surface area contributed by atoms with E-state index in [1.807, 2.05) is 0 Å². The van der Waals surface area contributed by atoms with E-state index in [9.17, 15) is 17.2 Å². The maximum absolute atomic E-state index is 13.5. The average Bonchev–Trinajstić information content (AvgIpc) is 2.44. The van der Waals surface area contributed by atoms with Crippen molar-refractivity contribution in [1.29, 1.82) is 0 Å². The highest BCUT2D eigenvalue weighted by atomic mass is 32.2. The summed E-state index contributed by atoms with van der Waals surface area (Å²) in [6.45, 7) is 0.176. The Morgan fingerprint density at radius 2 is 2.00 bits per heavy atom. The molecule has 1 fully saturated rings. The molecule has 2 rings (SSSR count). The lowest BCUT2D eigenvalue weighted by atomic mass is 10.2. The van der Waals surface area contributed by atoms with Gasteiger partial charge in [0, 0.05) is 12.6 Å². The van der Waals surface area contributed by atoms with Crippen LogP contribution in [-0.2, 0) is 10.0 Å². The summed E-state index contributed by atoms with van der Waals surface area (Å²) in [5.41, 5.74) is 4.98. The number of nitrogens with zero attached hydrogens (tertiary/aromatic N) is 1. The number of hydrogen-bond donors (Lipinski definition) is 1. The molecule has 1 aliphatic rings. The zero-order valence-corrected chi connectivity index (χ0v) is 9.10. The monoisotopic (exact) mass is 248 g/mol. The minimum atomic E-state index is -3.51. The third kappa shape index (κ3) is 1.71. The normalized spacial score (nSPS) is 19.0. The van der Waals surface area contributed by atoms with Crippen LogP contribution in [0.3, 0.4) is 0 Å². The number of sulfonamides is 1. The fourth-order valence-electron chi connectivity index (χ4n) is 1.74. The topological polar surface area (TPSA) is 63.4 Å². The van der Waals surface area contributed by atoms with Crippen LogP contribution in [0.2, 0.25) is 0 Å². The molecule has 0 aliphatic carbocycles. The van der Waals surface area contributed by atoms with Crippen LogP contribution in [-0.4, -0.2) is 20.7 Å². The quantitative estimate of drug-likeness (QED) is 0.756. The number of hydrogen-bond acceptors (Lipinski definition) is 3. The van der Waals surface area contributed by atoms with E-state index in [1.54, 1.807) is 0 Å². The fraction of sp³-hybridized carbons (Fsp3) is 0.333. The van der Waals surface area contributed by atoms with Crippen molar-refractivity contribution in [1.82, 2.24) is 0 Å². The standard InChI is InChI=1S/C9H10F2N2O2S/c10-6-4-7(11)9(8(12)5-6)13-2-1-3-16(13,14)15/h4-5H,1-3,12H2. The Labute approximate surface area is 91.7 Å². The first-order chi connectivity index (χ1) is 7.42. The van der Waals surface area contributed by atoms with Gasteiger partial charge < -0.3 is 5.73 Å². The summed E-state index contributed by atoms with van der Waals surface area (Å²) in [4.78, 5) is 0. The lowest BCUT2D eigenvalue weighted by Crippen LogP contribution is -2.27. The predicted molar refractivity (Wildman–Crippen MR) is 56.5 cm³/mol. The van der Waals surface area contributed by atoms with E-state index in [0.29, 0.717) is 12.5 Å². The molecule has 1 aromatic rings. The van der Waals surface area contributed by atoms with Gasteiger partial charge in [-0.05, 0) is 12.5 Å². The Hall–Kier alpha value is -1.37. The van der Waals surface area contributed by atoms with Crippen molar-refractivity contribution in [3.05, 3.63) is 23.8 Å². The van der Waals surface area contributed by atoms with E-state index >= 15 is 0 Å². The van der Waals surface area contributed by atoms with Crippen LogP contribution in [0.1, 0.15) is 6.42 Å². The third-order valence-corrected chi connectivity index (χ3v) is 4.25. The molecule has 2 N–H and O–H groups in total. The summed E-state index contributed by atoms with van der Waals surface area (Å²) in [5.74, 6) is -1.82. The first kappa shape index (κ1) is 11.1. The fourth-order valence-corrected chi connectivity index (χ4v) is 3.33. The number of nitrogens with two attached hydrogens (primary N) is 1. The second kappa shape index (κ2) is 3.58. The van der Waals surface area contributed by atoms with Gasteiger partial charge in [-0.3, -0.25) is 4.31 Å². The van der Waals surface area contributed by atoms with Crippen molar-refractivity contribution in [2.75, 3.05) is 22.3 Å². The largest absolute Gasteiger partial charge is 0.397 e. The number of rotatable bonds is 1. The zero-order chi connectivity index (χ0) is 11.9. The van der Waals surface area contributed by atoms with Crippen LogP contribution in [0, 0.1) is 11.6 Å². The van der Waals surface area contributed by atoms with Crippen LogP contribution in [0.25, 0.3) is 0 Å². The smallest absolute Gasteiger partial charge is 0.235 e. The summed E-state index contributed by atoms with van der Waals surface area (Å²) >= 11 is 0. The Kier molecular flexibility index (Phi) is 2.49. The molecule has 0 spiro atoms. The highest BCUT2D eigenvalue weighted by Crippen LogP contribution is 2.32. The first-order valence-corrected chi connectivity index (χ1v) is 6.27. The summed E-state index contributed by atoms with van der Waals surface area (Å²) in [7, 11) is -3.51. The molecule has 7 heteroatoms. The molecular formula is C9H10F2N2O2S. The van der Waals surface area contributed by atoms with Crippen LogP contribution in [0.4, 0.5) is 20.2 Å². The Bertz CT molecular complexity index is 507. The lowest BCUT2D eigenvalue weighted by Gasteiger charge is -2.19. The molecule has 0 amide bonds. The maximum Gasteiger partial charge on any atom is 0.235 e. The van der Waals surface area contributed by atoms with Gasteiger partial charge in [0.2, 0.25) is 10.0 Å². The van der Waals surface area contributed by atoms with Gasteiger partial charge in [0.1, 0.15) is 11.5 Å². The highest BCUT2D eigenvalue weighted by Gasteiger charge is 2.32. The van der Waals surface area contributed by atoms with Crippen molar-refractivity contribution in [2.24, 2.45) is 0 Å².